The molecule has 29 heavy (non-hydrogen) atoms. The number of unbranched alkanes of at least 4 members (excludes halogenated alkanes) is 1. The van der Waals surface area contributed by atoms with Gasteiger partial charge in [-0.15, -0.1) is 24.0 Å². The third-order valence-corrected chi connectivity index (χ3v) is 4.97. The smallest absolute Gasteiger partial charge is 0.407 e. The lowest BCUT2D eigenvalue weighted by molar-refractivity contribution is 0.0522. The van der Waals surface area contributed by atoms with Gasteiger partial charge in [0, 0.05) is 25.7 Å². The number of carbonyl (C=O) groups is 1. The first-order valence-electron chi connectivity index (χ1n) is 10.0. The number of nitrogens with zero attached hydrogens (tertiary/aromatic N) is 1. The number of alkyl carbamates (subject to hydrolysis) is 1. The van der Waals surface area contributed by atoms with Crippen LogP contribution in [0, 0.1) is 0 Å². The molecule has 0 aliphatic rings. The molecule has 0 fully saturated rings. The van der Waals surface area contributed by atoms with Crippen LogP contribution in [0.15, 0.2) is 4.99 Å². The lowest BCUT2D eigenvalue weighted by Crippen LogP contribution is -2.49. The summed E-state index contributed by atoms with van der Waals surface area (Å²) in [7, 11) is -3.22. The molecule has 0 radical (unpaired) electrons. The topological polar surface area (TPSA) is 121 Å². The predicted molar refractivity (Wildman–Crippen MR) is 130 cm³/mol. The highest BCUT2D eigenvalue weighted by Gasteiger charge is 2.18. The minimum Gasteiger partial charge on any atom is -0.444 e. The molecule has 0 aromatic rings. The maximum absolute atomic E-state index is 11.9. The zero-order valence-electron chi connectivity index (χ0n) is 18.6. The number of amides is 1. The molecule has 9 nitrogen and oxygen atoms in total. The molecule has 1 atom stereocenters. The van der Waals surface area contributed by atoms with Crippen LogP contribution < -0.4 is 20.7 Å². The van der Waals surface area contributed by atoms with Crippen molar-refractivity contribution in [2.24, 2.45) is 4.99 Å². The third-order valence-electron chi connectivity index (χ3n) is 3.57. The predicted octanol–water partition coefficient (Wildman–Crippen LogP) is 2.18. The molecule has 0 saturated heterocycles. The first kappa shape index (κ1) is 30.4. The summed E-state index contributed by atoms with van der Waals surface area (Å²) in [5.74, 6) is 0.634. The summed E-state index contributed by atoms with van der Waals surface area (Å²) in [6, 6.07) is -0.0161. The molecule has 0 rings (SSSR count). The molecule has 11 heteroatoms. The molecule has 1 amide bonds. The zero-order chi connectivity index (χ0) is 21.6. The normalized spacial score (nSPS) is 13.2. The van der Waals surface area contributed by atoms with E-state index in [0.29, 0.717) is 25.6 Å². The number of guanidine groups is 1. The summed E-state index contributed by atoms with van der Waals surface area (Å²) in [6.07, 6.45) is 2.45. The molecule has 174 valence electrons. The van der Waals surface area contributed by atoms with Gasteiger partial charge in [0.25, 0.3) is 0 Å². The Bertz CT molecular complexity index is 579. The van der Waals surface area contributed by atoms with Crippen molar-refractivity contribution in [3.05, 3.63) is 0 Å². The first-order chi connectivity index (χ1) is 13.0. The van der Waals surface area contributed by atoms with E-state index in [1.54, 1.807) is 6.92 Å². The van der Waals surface area contributed by atoms with Crippen LogP contribution in [0.4, 0.5) is 4.79 Å². The summed E-state index contributed by atoms with van der Waals surface area (Å²) >= 11 is 0. The minimum absolute atomic E-state index is 0. The zero-order valence-corrected chi connectivity index (χ0v) is 21.8. The summed E-state index contributed by atoms with van der Waals surface area (Å²) in [5.41, 5.74) is -0.543. The van der Waals surface area contributed by atoms with Gasteiger partial charge in [0.2, 0.25) is 10.0 Å². The van der Waals surface area contributed by atoms with Crippen LogP contribution in [0.1, 0.15) is 60.8 Å². The highest BCUT2D eigenvalue weighted by molar-refractivity contribution is 14.0. The van der Waals surface area contributed by atoms with Crippen molar-refractivity contribution in [1.82, 2.24) is 20.7 Å². The molecule has 0 spiro atoms. The van der Waals surface area contributed by atoms with E-state index >= 15 is 0 Å². The number of hydrogen-bond acceptors (Lipinski definition) is 5. The van der Waals surface area contributed by atoms with Gasteiger partial charge in [0.15, 0.2) is 5.96 Å². The summed E-state index contributed by atoms with van der Waals surface area (Å²) in [5, 5.41) is 9.25. The average Bonchev–Trinajstić information content (AvgIpc) is 2.59. The number of rotatable bonds is 12. The lowest BCUT2D eigenvalue weighted by atomic mass is 10.1. The van der Waals surface area contributed by atoms with Gasteiger partial charge in [-0.05, 0) is 41.0 Å². The molecular formula is C18H40IN5O4S. The van der Waals surface area contributed by atoms with Gasteiger partial charge in [-0.1, -0.05) is 19.8 Å². The van der Waals surface area contributed by atoms with Crippen LogP contribution in [-0.2, 0) is 14.8 Å². The number of ether oxygens (including phenoxy) is 1. The average molecular weight is 550 g/mol. The fourth-order valence-corrected chi connectivity index (χ4v) is 2.79. The third kappa shape index (κ3) is 17.7. The van der Waals surface area contributed by atoms with Crippen molar-refractivity contribution in [3.63, 3.8) is 0 Å². The molecule has 0 aliphatic carbocycles. The Morgan fingerprint density at radius 2 is 1.79 bits per heavy atom. The van der Waals surface area contributed by atoms with Crippen molar-refractivity contribution in [3.8, 4) is 0 Å². The summed E-state index contributed by atoms with van der Waals surface area (Å²) in [4.78, 5) is 16.3. The Hall–Kier alpha value is -0.820. The second-order valence-electron chi connectivity index (χ2n) is 7.42. The first-order valence-corrected chi connectivity index (χ1v) is 11.7. The highest BCUT2D eigenvalue weighted by Crippen LogP contribution is 2.07. The Balaban J connectivity index is 0. The van der Waals surface area contributed by atoms with Gasteiger partial charge in [-0.25, -0.2) is 17.9 Å². The SMILES string of the molecule is CCCCC(CNC(=O)OC(C)(C)C)NC(=NCCNS(=O)(=O)CC)NCC.I. The number of carbonyl (C=O) groups excluding carboxylic acids is 1. The van der Waals surface area contributed by atoms with E-state index in [-0.39, 0.29) is 42.3 Å². The number of aliphatic imine (C=N–C) groups is 1. The van der Waals surface area contributed by atoms with E-state index in [4.69, 9.17) is 4.74 Å². The quantitative estimate of drug-likeness (QED) is 0.128. The van der Waals surface area contributed by atoms with E-state index in [9.17, 15) is 13.2 Å². The van der Waals surface area contributed by atoms with Crippen LogP contribution in [0.25, 0.3) is 0 Å². The number of halogens is 1. The van der Waals surface area contributed by atoms with E-state index in [1.165, 1.54) is 0 Å². The number of sulfonamides is 1. The Morgan fingerprint density at radius 3 is 2.31 bits per heavy atom. The fourth-order valence-electron chi connectivity index (χ4n) is 2.18. The van der Waals surface area contributed by atoms with Crippen LogP contribution in [0.3, 0.4) is 0 Å². The van der Waals surface area contributed by atoms with Crippen molar-refractivity contribution in [1.29, 1.82) is 0 Å². The highest BCUT2D eigenvalue weighted by atomic mass is 127. The van der Waals surface area contributed by atoms with Crippen LogP contribution in [0.2, 0.25) is 0 Å². The fraction of sp³-hybridized carbons (Fsp3) is 0.889. The number of nitrogens with one attached hydrogen (secondary N) is 4. The largest absolute Gasteiger partial charge is 0.444 e. The minimum atomic E-state index is -3.22. The van der Waals surface area contributed by atoms with Crippen molar-refractivity contribution >= 4 is 46.1 Å². The summed E-state index contributed by atoms with van der Waals surface area (Å²) < 4.78 is 30.7. The molecule has 0 saturated carbocycles. The molecular weight excluding hydrogens is 509 g/mol. The molecule has 0 heterocycles. The van der Waals surface area contributed by atoms with Crippen molar-refractivity contribution in [2.45, 2.75) is 72.4 Å². The van der Waals surface area contributed by atoms with E-state index in [0.717, 1.165) is 19.3 Å². The maximum atomic E-state index is 11.9. The Morgan fingerprint density at radius 1 is 1.14 bits per heavy atom. The lowest BCUT2D eigenvalue weighted by Gasteiger charge is -2.24. The Kier molecular flexibility index (Phi) is 16.7. The monoisotopic (exact) mass is 549 g/mol. The van der Waals surface area contributed by atoms with Gasteiger partial charge in [-0.3, -0.25) is 4.99 Å². The van der Waals surface area contributed by atoms with Gasteiger partial charge in [0.05, 0.1) is 12.3 Å². The van der Waals surface area contributed by atoms with Crippen LogP contribution >= 0.6 is 24.0 Å². The second-order valence-corrected chi connectivity index (χ2v) is 9.52. The molecule has 0 aromatic carbocycles. The van der Waals surface area contributed by atoms with Crippen LogP contribution in [0.5, 0.6) is 0 Å². The molecule has 1 unspecified atom stereocenters. The van der Waals surface area contributed by atoms with Crippen molar-refractivity contribution in [2.75, 3.05) is 31.9 Å². The summed E-state index contributed by atoms with van der Waals surface area (Å²) in [6.45, 7) is 12.7. The van der Waals surface area contributed by atoms with Gasteiger partial charge in [0.1, 0.15) is 5.60 Å². The molecule has 0 aliphatic heterocycles. The van der Waals surface area contributed by atoms with Crippen molar-refractivity contribution < 1.29 is 17.9 Å². The standard InChI is InChI=1S/C18H39N5O4S.HI/c1-7-10-11-15(14-21-17(24)27-18(4,5)6)23-16(19-8-2)20-12-13-22-28(25,26)9-3;/h15,22H,7-14H2,1-6H3,(H,21,24)(H2,19,20,23);1H. The molecule has 0 bridgehead atoms. The maximum Gasteiger partial charge on any atom is 0.407 e. The number of hydrogen-bond donors (Lipinski definition) is 4. The second kappa shape index (κ2) is 15.9. The van der Waals surface area contributed by atoms with E-state index in [2.05, 4.69) is 32.6 Å². The van der Waals surface area contributed by atoms with E-state index < -0.39 is 21.7 Å². The van der Waals surface area contributed by atoms with Gasteiger partial charge >= 0.3 is 6.09 Å². The molecule has 4 N–H and O–H groups in total. The van der Waals surface area contributed by atoms with Gasteiger partial charge in [-0.2, -0.15) is 0 Å². The van der Waals surface area contributed by atoms with Crippen LogP contribution in [-0.4, -0.2) is 64.0 Å². The molecule has 0 aromatic heterocycles. The van der Waals surface area contributed by atoms with E-state index in [1.807, 2.05) is 27.7 Å². The van der Waals surface area contributed by atoms with Gasteiger partial charge < -0.3 is 20.7 Å². The Labute approximate surface area is 193 Å².